The molecule has 0 aliphatic rings. The lowest BCUT2D eigenvalue weighted by molar-refractivity contribution is -0.120. The molecule has 2 amide bonds. The molecule has 1 heterocycles. The molecular formula is C15H19N3O2. The lowest BCUT2D eigenvalue weighted by atomic mass is 10.2. The minimum atomic E-state index is -0.296. The van der Waals surface area contributed by atoms with Crippen molar-refractivity contribution in [3.63, 3.8) is 0 Å². The van der Waals surface area contributed by atoms with Crippen LogP contribution < -0.4 is 5.43 Å². The van der Waals surface area contributed by atoms with Crippen molar-refractivity contribution in [1.29, 1.82) is 0 Å². The zero-order valence-corrected chi connectivity index (χ0v) is 11.6. The molecule has 0 aliphatic heterocycles. The third-order valence-electron chi connectivity index (χ3n) is 3.20. The fourth-order valence-electron chi connectivity index (χ4n) is 2.12. The number of carbonyl (C=O) groups is 2. The predicted molar refractivity (Wildman–Crippen MR) is 78.1 cm³/mol. The first-order valence-corrected chi connectivity index (χ1v) is 6.85. The third kappa shape index (κ3) is 3.17. The van der Waals surface area contributed by atoms with E-state index in [0.717, 1.165) is 30.0 Å². The summed E-state index contributed by atoms with van der Waals surface area (Å²) in [5.41, 5.74) is 3.09. The van der Waals surface area contributed by atoms with Crippen LogP contribution in [-0.4, -0.2) is 28.9 Å². The van der Waals surface area contributed by atoms with Gasteiger partial charge >= 0.3 is 0 Å². The summed E-state index contributed by atoms with van der Waals surface area (Å²) >= 11 is 0. The molecule has 0 unspecified atom stereocenters. The first-order valence-electron chi connectivity index (χ1n) is 6.85. The number of hydrogen-bond donors (Lipinski definition) is 2. The molecule has 106 valence electrons. The number of aromatic amines is 1. The van der Waals surface area contributed by atoms with Gasteiger partial charge in [-0.25, -0.2) is 0 Å². The zero-order chi connectivity index (χ0) is 14.4. The minimum absolute atomic E-state index is 0.296. The van der Waals surface area contributed by atoms with Crippen molar-refractivity contribution in [2.75, 3.05) is 6.54 Å². The molecule has 2 rings (SSSR count). The number of aromatic nitrogens is 1. The van der Waals surface area contributed by atoms with E-state index in [1.54, 1.807) is 6.20 Å². The van der Waals surface area contributed by atoms with Gasteiger partial charge in [-0.05, 0) is 11.8 Å². The number of unbranched alkanes of at least 4 members (excludes halogenated alkanes) is 2. The highest BCUT2D eigenvalue weighted by Gasteiger charge is 2.14. The molecule has 0 saturated heterocycles. The van der Waals surface area contributed by atoms with Crippen LogP contribution in [0, 0.1) is 0 Å². The SMILES string of the molecule is CCCCCN(C=O)NC(=O)c1[nH]cc2ccccc12. The van der Waals surface area contributed by atoms with Crippen LogP contribution in [0.25, 0.3) is 10.8 Å². The highest BCUT2D eigenvalue weighted by molar-refractivity contribution is 6.06. The summed E-state index contributed by atoms with van der Waals surface area (Å²) in [6.07, 6.45) is 5.42. The first-order chi connectivity index (χ1) is 9.76. The van der Waals surface area contributed by atoms with Gasteiger partial charge in [0.25, 0.3) is 5.91 Å². The summed E-state index contributed by atoms with van der Waals surface area (Å²) in [5, 5.41) is 3.12. The number of amides is 2. The molecule has 0 spiro atoms. The van der Waals surface area contributed by atoms with Crippen LogP contribution in [0.2, 0.25) is 0 Å². The van der Waals surface area contributed by atoms with Crippen molar-refractivity contribution < 1.29 is 9.59 Å². The van der Waals surface area contributed by atoms with E-state index in [9.17, 15) is 9.59 Å². The lowest BCUT2D eigenvalue weighted by Gasteiger charge is -2.17. The monoisotopic (exact) mass is 273 g/mol. The van der Waals surface area contributed by atoms with Crippen molar-refractivity contribution in [1.82, 2.24) is 15.4 Å². The Labute approximate surface area is 117 Å². The van der Waals surface area contributed by atoms with E-state index in [1.165, 1.54) is 5.01 Å². The fourth-order valence-corrected chi connectivity index (χ4v) is 2.12. The van der Waals surface area contributed by atoms with E-state index in [0.29, 0.717) is 18.6 Å². The Balaban J connectivity index is 2.05. The molecule has 5 nitrogen and oxygen atoms in total. The van der Waals surface area contributed by atoms with Gasteiger partial charge in [0.2, 0.25) is 6.41 Å². The van der Waals surface area contributed by atoms with Gasteiger partial charge in [0.15, 0.2) is 0 Å². The van der Waals surface area contributed by atoms with Gasteiger partial charge in [0, 0.05) is 18.1 Å². The normalized spacial score (nSPS) is 10.4. The average molecular weight is 273 g/mol. The van der Waals surface area contributed by atoms with E-state index in [2.05, 4.69) is 17.3 Å². The first kappa shape index (κ1) is 14.1. The van der Waals surface area contributed by atoms with Crippen LogP contribution in [0.15, 0.2) is 30.5 Å². The summed E-state index contributed by atoms with van der Waals surface area (Å²) in [6.45, 7) is 2.62. The summed E-state index contributed by atoms with van der Waals surface area (Å²) in [4.78, 5) is 26.1. The summed E-state index contributed by atoms with van der Waals surface area (Å²) in [5.74, 6) is -0.296. The number of carbonyl (C=O) groups excluding carboxylic acids is 2. The Hall–Kier alpha value is -2.30. The topological polar surface area (TPSA) is 65.2 Å². The van der Waals surface area contributed by atoms with Crippen molar-refractivity contribution in [3.05, 3.63) is 36.2 Å². The molecule has 0 radical (unpaired) electrons. The van der Waals surface area contributed by atoms with Crippen LogP contribution in [0.5, 0.6) is 0 Å². The van der Waals surface area contributed by atoms with Gasteiger partial charge in [-0.3, -0.25) is 20.0 Å². The van der Waals surface area contributed by atoms with Gasteiger partial charge in [0.05, 0.1) is 0 Å². The Morgan fingerprint density at radius 2 is 2.15 bits per heavy atom. The standard InChI is InChI=1S/C15H19N3O2/c1-2-3-6-9-18(11-19)17-15(20)14-13-8-5-4-7-12(13)10-16-14/h4-5,7-8,10-11,16H,2-3,6,9H2,1H3,(H,17,20). The molecule has 1 aromatic carbocycles. The molecular weight excluding hydrogens is 254 g/mol. The predicted octanol–water partition coefficient (Wildman–Crippen LogP) is 2.46. The maximum atomic E-state index is 12.2. The van der Waals surface area contributed by atoms with Gasteiger partial charge < -0.3 is 4.98 Å². The van der Waals surface area contributed by atoms with E-state index in [-0.39, 0.29) is 5.91 Å². The molecule has 0 bridgehead atoms. The van der Waals surface area contributed by atoms with Gasteiger partial charge in [0.1, 0.15) is 5.69 Å². The van der Waals surface area contributed by atoms with E-state index in [1.807, 2.05) is 24.3 Å². The van der Waals surface area contributed by atoms with Gasteiger partial charge in [-0.2, -0.15) is 0 Å². The lowest BCUT2D eigenvalue weighted by Crippen LogP contribution is -2.42. The smallest absolute Gasteiger partial charge is 0.286 e. The number of rotatable bonds is 7. The van der Waals surface area contributed by atoms with Crippen molar-refractivity contribution in [2.24, 2.45) is 0 Å². The molecule has 5 heteroatoms. The molecule has 0 saturated carbocycles. The average Bonchev–Trinajstić information content (AvgIpc) is 2.90. The van der Waals surface area contributed by atoms with Crippen LogP contribution in [0.4, 0.5) is 0 Å². The van der Waals surface area contributed by atoms with Crippen LogP contribution in [-0.2, 0) is 4.79 Å². The quantitative estimate of drug-likeness (QED) is 0.462. The number of hydrogen-bond acceptors (Lipinski definition) is 2. The Kier molecular flexibility index (Phi) is 4.76. The molecule has 1 aromatic heterocycles. The van der Waals surface area contributed by atoms with Crippen molar-refractivity contribution >= 4 is 23.1 Å². The maximum Gasteiger partial charge on any atom is 0.286 e. The fraction of sp³-hybridized carbons (Fsp3) is 0.333. The van der Waals surface area contributed by atoms with Crippen LogP contribution >= 0.6 is 0 Å². The minimum Gasteiger partial charge on any atom is -0.356 e. The van der Waals surface area contributed by atoms with Crippen LogP contribution in [0.1, 0.15) is 36.7 Å². The van der Waals surface area contributed by atoms with Gasteiger partial charge in [-0.1, -0.05) is 44.0 Å². The maximum absolute atomic E-state index is 12.2. The second-order valence-electron chi connectivity index (χ2n) is 4.70. The van der Waals surface area contributed by atoms with E-state index >= 15 is 0 Å². The number of H-pyrrole nitrogens is 1. The van der Waals surface area contributed by atoms with Gasteiger partial charge in [-0.15, -0.1) is 0 Å². The molecule has 0 atom stereocenters. The number of benzene rings is 1. The zero-order valence-electron chi connectivity index (χ0n) is 11.6. The summed E-state index contributed by atoms with van der Waals surface area (Å²) < 4.78 is 0. The third-order valence-corrected chi connectivity index (χ3v) is 3.20. The molecule has 0 fully saturated rings. The Morgan fingerprint density at radius 3 is 2.90 bits per heavy atom. The van der Waals surface area contributed by atoms with E-state index in [4.69, 9.17) is 0 Å². The Bertz CT molecular complexity index is 592. The number of nitrogens with one attached hydrogen (secondary N) is 2. The van der Waals surface area contributed by atoms with E-state index < -0.39 is 0 Å². The molecule has 2 aromatic rings. The molecule has 0 aliphatic carbocycles. The highest BCUT2D eigenvalue weighted by Crippen LogP contribution is 2.17. The molecule has 20 heavy (non-hydrogen) atoms. The molecule has 2 N–H and O–H groups in total. The number of fused-ring (bicyclic) bond motifs is 1. The van der Waals surface area contributed by atoms with Crippen molar-refractivity contribution in [3.8, 4) is 0 Å². The van der Waals surface area contributed by atoms with Crippen LogP contribution in [0.3, 0.4) is 0 Å². The largest absolute Gasteiger partial charge is 0.356 e. The van der Waals surface area contributed by atoms with Crippen molar-refractivity contribution in [2.45, 2.75) is 26.2 Å². The summed E-state index contributed by atoms with van der Waals surface area (Å²) in [6, 6.07) is 7.61. The highest BCUT2D eigenvalue weighted by atomic mass is 16.2. The second-order valence-corrected chi connectivity index (χ2v) is 4.70. The second kappa shape index (κ2) is 6.75. The number of hydrazine groups is 1. The number of nitrogens with zero attached hydrogens (tertiary/aromatic N) is 1. The summed E-state index contributed by atoms with van der Waals surface area (Å²) in [7, 11) is 0. The Morgan fingerprint density at radius 1 is 1.35 bits per heavy atom.